The molecule has 0 amide bonds. The van der Waals surface area contributed by atoms with E-state index in [1.54, 1.807) is 0 Å². The summed E-state index contributed by atoms with van der Waals surface area (Å²) in [6, 6.07) is 2.46. The topological polar surface area (TPSA) is 0 Å². The third-order valence-electron chi connectivity index (χ3n) is 6.53. The molecule has 4 heteroatoms. The molecule has 0 nitrogen and oxygen atoms in total. The van der Waals surface area contributed by atoms with Crippen LogP contribution < -0.4 is 0 Å². The van der Waals surface area contributed by atoms with Crippen molar-refractivity contribution in [1.29, 1.82) is 0 Å². The fourth-order valence-electron chi connectivity index (χ4n) is 5.21. The van der Waals surface area contributed by atoms with Gasteiger partial charge in [-0.1, -0.05) is 25.8 Å². The van der Waals surface area contributed by atoms with E-state index in [0.29, 0.717) is 24.0 Å². The van der Waals surface area contributed by atoms with Crippen molar-refractivity contribution in [3.05, 3.63) is 51.9 Å². The minimum absolute atomic E-state index is 0.0207. The quantitative estimate of drug-likeness (QED) is 0.504. The molecular formula is C22H24F4. The van der Waals surface area contributed by atoms with Gasteiger partial charge in [0.05, 0.1) is 5.56 Å². The SMILES string of the molecule is CCCC1CCC(C2=C(F)C3=C(F)c4c(ccc(F)c4F)CC3C2)CC1. The van der Waals surface area contributed by atoms with E-state index < -0.39 is 23.3 Å². The lowest BCUT2D eigenvalue weighted by molar-refractivity contribution is 0.280. The van der Waals surface area contributed by atoms with Crippen LogP contribution in [-0.4, -0.2) is 0 Å². The van der Waals surface area contributed by atoms with Crippen LogP contribution in [0.25, 0.3) is 5.83 Å². The van der Waals surface area contributed by atoms with Crippen molar-refractivity contribution in [1.82, 2.24) is 0 Å². The van der Waals surface area contributed by atoms with Crippen molar-refractivity contribution in [2.45, 2.75) is 58.3 Å². The van der Waals surface area contributed by atoms with Gasteiger partial charge in [-0.15, -0.1) is 0 Å². The average Bonchev–Trinajstić information content (AvgIpc) is 2.96. The fourth-order valence-corrected chi connectivity index (χ4v) is 5.21. The van der Waals surface area contributed by atoms with Crippen molar-refractivity contribution in [3.8, 4) is 0 Å². The van der Waals surface area contributed by atoms with E-state index in [-0.39, 0.29) is 23.0 Å². The van der Waals surface area contributed by atoms with Crippen LogP contribution in [0.2, 0.25) is 0 Å². The highest BCUT2D eigenvalue weighted by Crippen LogP contribution is 2.52. The summed E-state index contributed by atoms with van der Waals surface area (Å²) in [4.78, 5) is 0. The highest BCUT2D eigenvalue weighted by molar-refractivity contribution is 5.73. The third kappa shape index (κ3) is 2.82. The molecule has 1 saturated carbocycles. The molecule has 0 aromatic heterocycles. The molecule has 3 aliphatic rings. The fraction of sp³-hybridized carbons (Fsp3) is 0.545. The lowest BCUT2D eigenvalue weighted by Crippen LogP contribution is -2.17. The number of rotatable bonds is 3. The Balaban J connectivity index is 1.64. The highest BCUT2D eigenvalue weighted by Gasteiger charge is 2.41. The first-order chi connectivity index (χ1) is 12.5. The maximum Gasteiger partial charge on any atom is 0.169 e. The second kappa shape index (κ2) is 6.86. The van der Waals surface area contributed by atoms with Gasteiger partial charge in [0.2, 0.25) is 0 Å². The summed E-state index contributed by atoms with van der Waals surface area (Å²) in [5.41, 5.74) is 0.756. The van der Waals surface area contributed by atoms with Gasteiger partial charge in [0.15, 0.2) is 11.6 Å². The van der Waals surface area contributed by atoms with Gasteiger partial charge >= 0.3 is 0 Å². The minimum atomic E-state index is -1.20. The van der Waals surface area contributed by atoms with E-state index in [0.717, 1.165) is 37.7 Å². The molecular weight excluding hydrogens is 340 g/mol. The maximum absolute atomic E-state index is 15.1. The molecule has 1 fully saturated rings. The van der Waals surface area contributed by atoms with Gasteiger partial charge in [-0.3, -0.25) is 0 Å². The third-order valence-corrected chi connectivity index (χ3v) is 6.53. The molecule has 4 rings (SSSR count). The Hall–Kier alpha value is -1.58. The van der Waals surface area contributed by atoms with Crippen LogP contribution >= 0.6 is 0 Å². The highest BCUT2D eigenvalue weighted by atomic mass is 19.2. The van der Waals surface area contributed by atoms with Crippen LogP contribution in [0.15, 0.2) is 29.1 Å². The Morgan fingerprint density at radius 1 is 0.885 bits per heavy atom. The second-order valence-electron chi connectivity index (χ2n) is 8.07. The van der Waals surface area contributed by atoms with E-state index in [9.17, 15) is 13.2 Å². The van der Waals surface area contributed by atoms with Gasteiger partial charge in [0, 0.05) is 5.57 Å². The van der Waals surface area contributed by atoms with Crippen LogP contribution in [0.3, 0.4) is 0 Å². The van der Waals surface area contributed by atoms with Gasteiger partial charge in [-0.25, -0.2) is 17.6 Å². The largest absolute Gasteiger partial charge is 0.207 e. The van der Waals surface area contributed by atoms with E-state index in [1.165, 1.54) is 18.9 Å². The standard InChI is InChI=1S/C22H24F4/c1-2-3-12-4-6-13(7-5-12)16-11-15-10-14-8-9-17(23)21(25)18(14)22(26)19(15)20(16)24/h8-9,12-13,15H,2-7,10-11H2,1H3. The first-order valence-electron chi connectivity index (χ1n) is 9.77. The zero-order valence-electron chi connectivity index (χ0n) is 15.1. The van der Waals surface area contributed by atoms with E-state index in [1.807, 2.05) is 0 Å². The zero-order valence-corrected chi connectivity index (χ0v) is 15.1. The molecule has 26 heavy (non-hydrogen) atoms. The number of hydrogen-bond donors (Lipinski definition) is 0. The summed E-state index contributed by atoms with van der Waals surface area (Å²) < 4.78 is 57.6. The van der Waals surface area contributed by atoms with E-state index in [2.05, 4.69) is 6.92 Å². The Kier molecular flexibility index (Phi) is 4.70. The van der Waals surface area contributed by atoms with Crippen molar-refractivity contribution in [2.24, 2.45) is 17.8 Å². The summed E-state index contributed by atoms with van der Waals surface area (Å²) in [5.74, 6) is -3.07. The van der Waals surface area contributed by atoms with Crippen LogP contribution in [-0.2, 0) is 6.42 Å². The van der Waals surface area contributed by atoms with Crippen LogP contribution in [0, 0.1) is 29.4 Å². The Labute approximate surface area is 152 Å². The summed E-state index contributed by atoms with van der Waals surface area (Å²) in [6.45, 7) is 2.19. The summed E-state index contributed by atoms with van der Waals surface area (Å²) in [7, 11) is 0. The van der Waals surface area contributed by atoms with Crippen molar-refractivity contribution in [2.75, 3.05) is 0 Å². The smallest absolute Gasteiger partial charge is 0.169 e. The first kappa shape index (κ1) is 17.8. The van der Waals surface area contributed by atoms with Crippen LogP contribution in [0.1, 0.15) is 63.0 Å². The molecule has 0 aliphatic heterocycles. The normalized spacial score (nSPS) is 28.4. The number of hydrogen-bond acceptors (Lipinski definition) is 0. The summed E-state index contributed by atoms with van der Waals surface area (Å²) in [6.07, 6.45) is 7.37. The molecule has 0 radical (unpaired) electrons. The maximum atomic E-state index is 15.1. The van der Waals surface area contributed by atoms with Crippen LogP contribution in [0.5, 0.6) is 0 Å². The molecule has 140 valence electrons. The lowest BCUT2D eigenvalue weighted by atomic mass is 9.76. The van der Waals surface area contributed by atoms with Gasteiger partial charge in [-0.05, 0) is 73.5 Å². The molecule has 0 bridgehead atoms. The van der Waals surface area contributed by atoms with Gasteiger partial charge in [-0.2, -0.15) is 0 Å². The molecule has 0 N–H and O–H groups in total. The van der Waals surface area contributed by atoms with Gasteiger partial charge < -0.3 is 0 Å². The summed E-state index contributed by atoms with van der Waals surface area (Å²) >= 11 is 0. The molecule has 1 atom stereocenters. The minimum Gasteiger partial charge on any atom is -0.207 e. The first-order valence-corrected chi connectivity index (χ1v) is 9.77. The molecule has 3 aliphatic carbocycles. The average molecular weight is 364 g/mol. The summed E-state index contributed by atoms with van der Waals surface area (Å²) in [5, 5.41) is 0. The molecule has 0 heterocycles. The van der Waals surface area contributed by atoms with Crippen molar-refractivity contribution in [3.63, 3.8) is 0 Å². The van der Waals surface area contributed by atoms with Crippen molar-refractivity contribution < 1.29 is 17.6 Å². The van der Waals surface area contributed by atoms with Crippen LogP contribution in [0.4, 0.5) is 17.6 Å². The van der Waals surface area contributed by atoms with E-state index in [4.69, 9.17) is 0 Å². The molecule has 0 saturated heterocycles. The zero-order chi connectivity index (χ0) is 18.4. The molecule has 1 aromatic rings. The Bertz CT molecular complexity index is 782. The lowest BCUT2D eigenvalue weighted by Gasteiger charge is -2.29. The number of benzene rings is 1. The van der Waals surface area contributed by atoms with E-state index >= 15 is 4.39 Å². The predicted octanol–water partition coefficient (Wildman–Crippen LogP) is 7.05. The predicted molar refractivity (Wildman–Crippen MR) is 94.7 cm³/mol. The number of allylic oxidation sites excluding steroid dienone is 3. The Morgan fingerprint density at radius 2 is 1.62 bits per heavy atom. The van der Waals surface area contributed by atoms with Gasteiger partial charge in [0.25, 0.3) is 0 Å². The monoisotopic (exact) mass is 364 g/mol. The number of halogens is 4. The molecule has 0 spiro atoms. The molecule has 1 unspecified atom stereocenters. The second-order valence-corrected chi connectivity index (χ2v) is 8.07. The molecule has 1 aromatic carbocycles. The number of fused-ring (bicyclic) bond motifs is 2. The van der Waals surface area contributed by atoms with Gasteiger partial charge in [0.1, 0.15) is 11.7 Å². The Morgan fingerprint density at radius 3 is 2.31 bits per heavy atom. The van der Waals surface area contributed by atoms with Crippen molar-refractivity contribution >= 4 is 5.83 Å².